The molecule has 2 amide bonds. The summed E-state index contributed by atoms with van der Waals surface area (Å²) in [4.78, 5) is 35.7. The summed E-state index contributed by atoms with van der Waals surface area (Å²) in [5.41, 5.74) is 0.839. The van der Waals surface area contributed by atoms with Crippen LogP contribution >= 0.6 is 11.8 Å². The molecule has 1 aromatic carbocycles. The van der Waals surface area contributed by atoms with Crippen molar-refractivity contribution in [2.24, 2.45) is 0 Å². The molecule has 2 rings (SSSR count). The van der Waals surface area contributed by atoms with Gasteiger partial charge >= 0.3 is 12.1 Å². The van der Waals surface area contributed by atoms with Gasteiger partial charge in [0.25, 0.3) is 0 Å². The number of alkyl carbamates (subject to hydrolysis) is 1. The molecule has 1 atom stereocenters. The van der Waals surface area contributed by atoms with Crippen LogP contribution in [0.4, 0.5) is 4.79 Å². The van der Waals surface area contributed by atoms with Crippen molar-refractivity contribution in [3.63, 3.8) is 0 Å². The first-order chi connectivity index (χ1) is 10.6. The number of carbonyl (C=O) groups excluding carboxylic acids is 2. The number of carboxylic acids is 1. The first-order valence-electron chi connectivity index (χ1n) is 6.62. The molecule has 1 heterocycles. The van der Waals surface area contributed by atoms with E-state index in [2.05, 4.69) is 5.32 Å². The molecule has 1 aliphatic rings. The van der Waals surface area contributed by atoms with E-state index >= 15 is 0 Å². The van der Waals surface area contributed by atoms with E-state index in [1.54, 1.807) is 0 Å². The maximum atomic E-state index is 11.9. The molecule has 0 bridgehead atoms. The fraction of sp³-hybridized carbons (Fsp3) is 0.357. The number of hydrogen-bond acceptors (Lipinski definition) is 5. The van der Waals surface area contributed by atoms with Crippen molar-refractivity contribution in [3.8, 4) is 0 Å². The molecular formula is C14H16N2O5S. The SMILES string of the molecule is O=C(NCC(=O)N1CSC[C@H]1C(=O)O)OCc1ccccc1. The van der Waals surface area contributed by atoms with E-state index in [0.717, 1.165) is 5.56 Å². The van der Waals surface area contributed by atoms with Gasteiger partial charge in [0.2, 0.25) is 5.91 Å². The van der Waals surface area contributed by atoms with Crippen LogP contribution in [0.25, 0.3) is 0 Å². The number of nitrogens with zero attached hydrogens (tertiary/aromatic N) is 1. The van der Waals surface area contributed by atoms with Crippen LogP contribution < -0.4 is 5.32 Å². The average Bonchev–Trinajstić information content (AvgIpc) is 3.01. The first kappa shape index (κ1) is 16.2. The monoisotopic (exact) mass is 324 g/mol. The summed E-state index contributed by atoms with van der Waals surface area (Å²) in [5, 5.41) is 11.3. The van der Waals surface area contributed by atoms with Crippen LogP contribution in [0, 0.1) is 0 Å². The molecule has 0 radical (unpaired) electrons. The highest BCUT2D eigenvalue weighted by Crippen LogP contribution is 2.20. The third-order valence-corrected chi connectivity index (χ3v) is 4.10. The number of rotatable bonds is 5. The van der Waals surface area contributed by atoms with Crippen LogP contribution in [0.3, 0.4) is 0 Å². The Morgan fingerprint density at radius 2 is 2.05 bits per heavy atom. The Balaban J connectivity index is 1.74. The highest BCUT2D eigenvalue weighted by atomic mass is 32.2. The minimum absolute atomic E-state index is 0.109. The highest BCUT2D eigenvalue weighted by Gasteiger charge is 2.34. The lowest BCUT2D eigenvalue weighted by molar-refractivity contribution is -0.147. The molecule has 22 heavy (non-hydrogen) atoms. The van der Waals surface area contributed by atoms with Crippen molar-refractivity contribution < 1.29 is 24.2 Å². The van der Waals surface area contributed by atoms with Gasteiger partial charge in [-0.3, -0.25) is 4.79 Å². The second-order valence-electron chi connectivity index (χ2n) is 4.63. The lowest BCUT2D eigenvalue weighted by atomic mass is 10.2. The smallest absolute Gasteiger partial charge is 0.407 e. The normalized spacial score (nSPS) is 17.1. The van der Waals surface area contributed by atoms with E-state index in [0.29, 0.717) is 11.6 Å². The molecule has 0 aliphatic carbocycles. The molecule has 8 heteroatoms. The molecule has 0 aromatic heterocycles. The number of nitrogens with one attached hydrogen (secondary N) is 1. The number of hydrogen-bond donors (Lipinski definition) is 2. The second-order valence-corrected chi connectivity index (χ2v) is 5.63. The number of carbonyl (C=O) groups is 3. The Hall–Kier alpha value is -2.22. The summed E-state index contributed by atoms with van der Waals surface area (Å²) in [6, 6.07) is 8.32. The van der Waals surface area contributed by atoms with E-state index < -0.39 is 24.0 Å². The van der Waals surface area contributed by atoms with Crippen LogP contribution in [-0.4, -0.2) is 52.2 Å². The van der Waals surface area contributed by atoms with Crippen molar-refractivity contribution >= 4 is 29.7 Å². The number of ether oxygens (including phenoxy) is 1. The van der Waals surface area contributed by atoms with E-state index in [1.165, 1.54) is 16.7 Å². The van der Waals surface area contributed by atoms with E-state index in [1.807, 2.05) is 30.3 Å². The Morgan fingerprint density at radius 3 is 2.73 bits per heavy atom. The van der Waals surface area contributed by atoms with Crippen molar-refractivity contribution in [2.45, 2.75) is 12.6 Å². The van der Waals surface area contributed by atoms with E-state index in [4.69, 9.17) is 9.84 Å². The predicted molar refractivity (Wildman–Crippen MR) is 80.2 cm³/mol. The van der Waals surface area contributed by atoms with E-state index in [-0.39, 0.29) is 13.2 Å². The first-order valence-corrected chi connectivity index (χ1v) is 7.78. The Labute approximate surface area is 131 Å². The lowest BCUT2D eigenvalue weighted by Gasteiger charge is -2.20. The summed E-state index contributed by atoms with van der Waals surface area (Å²) in [5.74, 6) is -0.796. The second kappa shape index (κ2) is 7.69. The zero-order valence-corrected chi connectivity index (χ0v) is 12.5. The molecular weight excluding hydrogens is 308 g/mol. The molecule has 0 spiro atoms. The minimum Gasteiger partial charge on any atom is -0.480 e. The summed E-state index contributed by atoms with van der Waals surface area (Å²) in [6.45, 7) is -0.170. The Kier molecular flexibility index (Phi) is 5.65. The number of benzene rings is 1. The van der Waals surface area contributed by atoms with Crippen molar-refractivity contribution in [2.75, 3.05) is 18.2 Å². The third-order valence-electron chi connectivity index (χ3n) is 3.08. The minimum atomic E-state index is -1.04. The molecule has 7 nitrogen and oxygen atoms in total. The molecule has 118 valence electrons. The van der Waals surface area contributed by atoms with Gasteiger partial charge in [-0.25, -0.2) is 9.59 Å². The molecule has 1 fully saturated rings. The molecule has 1 saturated heterocycles. The van der Waals surface area contributed by atoms with Gasteiger partial charge in [0.15, 0.2) is 0 Å². The third kappa shape index (κ3) is 4.39. The molecule has 0 unspecified atom stereocenters. The van der Waals surface area contributed by atoms with Gasteiger partial charge in [0.1, 0.15) is 19.2 Å². The highest BCUT2D eigenvalue weighted by molar-refractivity contribution is 7.99. The molecule has 2 N–H and O–H groups in total. The van der Waals surface area contributed by atoms with Crippen molar-refractivity contribution in [3.05, 3.63) is 35.9 Å². The topological polar surface area (TPSA) is 95.9 Å². The average molecular weight is 324 g/mol. The van der Waals surface area contributed by atoms with Gasteiger partial charge in [-0.15, -0.1) is 11.8 Å². The number of aliphatic carboxylic acids is 1. The zero-order chi connectivity index (χ0) is 15.9. The van der Waals surface area contributed by atoms with Gasteiger partial charge in [-0.2, -0.15) is 0 Å². The predicted octanol–water partition coefficient (Wildman–Crippen LogP) is 0.899. The summed E-state index contributed by atoms with van der Waals surface area (Å²) in [6.07, 6.45) is -0.712. The zero-order valence-electron chi connectivity index (χ0n) is 11.7. The van der Waals surface area contributed by atoms with Gasteiger partial charge in [0.05, 0.1) is 5.88 Å². The summed E-state index contributed by atoms with van der Waals surface area (Å²) >= 11 is 1.37. The number of amides is 2. The molecule has 1 aromatic rings. The Bertz CT molecular complexity index is 551. The van der Waals surface area contributed by atoms with Crippen LogP contribution in [0.2, 0.25) is 0 Å². The van der Waals surface area contributed by atoms with Gasteiger partial charge < -0.3 is 20.1 Å². The van der Waals surface area contributed by atoms with E-state index in [9.17, 15) is 14.4 Å². The van der Waals surface area contributed by atoms with Crippen molar-refractivity contribution in [1.29, 1.82) is 0 Å². The maximum Gasteiger partial charge on any atom is 0.407 e. The van der Waals surface area contributed by atoms with Crippen LogP contribution in [0.15, 0.2) is 30.3 Å². The summed E-state index contributed by atoms with van der Waals surface area (Å²) < 4.78 is 4.97. The van der Waals surface area contributed by atoms with Gasteiger partial charge in [-0.1, -0.05) is 30.3 Å². The molecule has 0 saturated carbocycles. The standard InChI is InChI=1S/C14H16N2O5S/c17-12(16-9-22-8-11(16)13(18)19)6-15-14(20)21-7-10-4-2-1-3-5-10/h1-5,11H,6-9H2,(H,15,20)(H,18,19)/t11-/m0/s1. The van der Waals surface area contributed by atoms with Crippen LogP contribution in [-0.2, 0) is 20.9 Å². The van der Waals surface area contributed by atoms with Crippen LogP contribution in [0.5, 0.6) is 0 Å². The molecule has 1 aliphatic heterocycles. The fourth-order valence-electron chi connectivity index (χ4n) is 1.92. The van der Waals surface area contributed by atoms with Gasteiger partial charge in [-0.05, 0) is 5.56 Å². The Morgan fingerprint density at radius 1 is 1.32 bits per heavy atom. The number of thioether (sulfide) groups is 1. The fourth-order valence-corrected chi connectivity index (χ4v) is 3.09. The number of carboxylic acid groups (broad SMARTS) is 1. The lowest BCUT2D eigenvalue weighted by Crippen LogP contribution is -2.46. The van der Waals surface area contributed by atoms with Gasteiger partial charge in [0, 0.05) is 5.75 Å². The largest absolute Gasteiger partial charge is 0.480 e. The maximum absolute atomic E-state index is 11.9. The van der Waals surface area contributed by atoms with Crippen molar-refractivity contribution in [1.82, 2.24) is 10.2 Å². The summed E-state index contributed by atoms with van der Waals surface area (Å²) in [7, 11) is 0. The van der Waals surface area contributed by atoms with Crippen LogP contribution in [0.1, 0.15) is 5.56 Å². The quantitative estimate of drug-likeness (QED) is 0.835.